The highest BCUT2D eigenvalue weighted by Crippen LogP contribution is 2.31. The molecular formula is C12H21N3O2. The van der Waals surface area contributed by atoms with Crippen molar-refractivity contribution in [3.63, 3.8) is 0 Å². The minimum Gasteiger partial charge on any atom is -0.374 e. The van der Waals surface area contributed by atoms with Crippen molar-refractivity contribution < 1.29 is 9.53 Å². The maximum absolute atomic E-state index is 11.8. The first kappa shape index (κ1) is 11.3. The summed E-state index contributed by atoms with van der Waals surface area (Å²) >= 11 is 0. The summed E-state index contributed by atoms with van der Waals surface area (Å²) in [4.78, 5) is 13.8. The summed E-state index contributed by atoms with van der Waals surface area (Å²) in [6, 6.07) is 0.476. The number of ether oxygens (including phenoxy) is 1. The monoisotopic (exact) mass is 239 g/mol. The van der Waals surface area contributed by atoms with Gasteiger partial charge in [-0.25, -0.2) is 4.79 Å². The Balaban J connectivity index is 1.51. The second kappa shape index (κ2) is 4.82. The molecule has 3 fully saturated rings. The summed E-state index contributed by atoms with van der Waals surface area (Å²) in [6.07, 6.45) is 4.04. The third-order valence-corrected chi connectivity index (χ3v) is 4.16. The highest BCUT2D eigenvalue weighted by atomic mass is 16.5. The molecule has 3 rings (SSSR count). The first-order valence-electron chi connectivity index (χ1n) is 6.70. The number of nitrogens with one attached hydrogen (secondary N) is 2. The fourth-order valence-corrected chi connectivity index (χ4v) is 2.87. The van der Waals surface area contributed by atoms with Crippen LogP contribution in [0.2, 0.25) is 0 Å². The first-order valence-corrected chi connectivity index (χ1v) is 6.70. The molecule has 2 heterocycles. The predicted octanol–water partition coefficient (Wildman–Crippen LogP) is 0.169. The minimum atomic E-state index is 0.0936. The van der Waals surface area contributed by atoms with Crippen LogP contribution in [0.25, 0.3) is 0 Å². The lowest BCUT2D eigenvalue weighted by Crippen LogP contribution is -2.46. The zero-order valence-electron chi connectivity index (χ0n) is 10.2. The van der Waals surface area contributed by atoms with Crippen molar-refractivity contribution in [1.82, 2.24) is 15.5 Å². The standard InChI is InChI=1S/C12H21N3O2/c16-12-14-11(9-2-1-3-9)8-15(12)7-10-6-13-4-5-17-10/h9-11,13H,1-8H2,(H,14,16). The lowest BCUT2D eigenvalue weighted by atomic mass is 9.80. The van der Waals surface area contributed by atoms with Crippen LogP contribution in [0.1, 0.15) is 19.3 Å². The maximum Gasteiger partial charge on any atom is 0.317 e. The summed E-state index contributed by atoms with van der Waals surface area (Å²) < 4.78 is 5.64. The van der Waals surface area contributed by atoms with Crippen LogP contribution in [-0.4, -0.2) is 55.9 Å². The van der Waals surface area contributed by atoms with Gasteiger partial charge in [0.2, 0.25) is 0 Å². The molecule has 2 N–H and O–H groups in total. The van der Waals surface area contributed by atoms with E-state index in [1.165, 1.54) is 19.3 Å². The van der Waals surface area contributed by atoms with Gasteiger partial charge in [0.25, 0.3) is 0 Å². The van der Waals surface area contributed by atoms with Crippen molar-refractivity contribution in [3.8, 4) is 0 Å². The van der Waals surface area contributed by atoms with Crippen LogP contribution < -0.4 is 10.6 Å². The van der Waals surface area contributed by atoms with E-state index in [4.69, 9.17) is 4.74 Å². The Hall–Kier alpha value is -0.810. The molecule has 0 aromatic rings. The molecule has 2 amide bonds. The van der Waals surface area contributed by atoms with Gasteiger partial charge < -0.3 is 20.3 Å². The number of carbonyl (C=O) groups is 1. The van der Waals surface area contributed by atoms with Crippen LogP contribution >= 0.6 is 0 Å². The van der Waals surface area contributed by atoms with Crippen LogP contribution in [0.4, 0.5) is 4.79 Å². The molecular weight excluding hydrogens is 218 g/mol. The predicted molar refractivity (Wildman–Crippen MR) is 63.8 cm³/mol. The number of morpholine rings is 1. The normalized spacial score (nSPS) is 34.6. The van der Waals surface area contributed by atoms with Crippen LogP contribution in [0.3, 0.4) is 0 Å². The van der Waals surface area contributed by atoms with E-state index in [1.807, 2.05) is 4.90 Å². The number of urea groups is 1. The summed E-state index contributed by atoms with van der Waals surface area (Å²) in [5.41, 5.74) is 0. The van der Waals surface area contributed by atoms with Gasteiger partial charge in [-0.2, -0.15) is 0 Å². The van der Waals surface area contributed by atoms with Gasteiger partial charge in [0.15, 0.2) is 0 Å². The van der Waals surface area contributed by atoms with E-state index < -0.39 is 0 Å². The lowest BCUT2D eigenvalue weighted by molar-refractivity contribution is 0.0140. The average Bonchev–Trinajstić information content (AvgIpc) is 2.59. The Labute approximate surface area is 102 Å². The van der Waals surface area contributed by atoms with Crippen LogP contribution in [0.5, 0.6) is 0 Å². The molecule has 17 heavy (non-hydrogen) atoms. The van der Waals surface area contributed by atoms with Crippen LogP contribution in [-0.2, 0) is 4.74 Å². The second-order valence-electron chi connectivity index (χ2n) is 5.35. The molecule has 96 valence electrons. The smallest absolute Gasteiger partial charge is 0.317 e. The molecule has 1 saturated carbocycles. The molecule has 2 saturated heterocycles. The molecule has 1 aliphatic carbocycles. The van der Waals surface area contributed by atoms with E-state index >= 15 is 0 Å². The van der Waals surface area contributed by atoms with E-state index in [9.17, 15) is 4.79 Å². The summed E-state index contributed by atoms with van der Waals surface area (Å²) in [6.45, 7) is 4.13. The molecule has 5 nitrogen and oxygen atoms in total. The lowest BCUT2D eigenvalue weighted by Gasteiger charge is -2.31. The Bertz CT molecular complexity index is 287. The SMILES string of the molecule is O=C1NC(C2CCC2)CN1CC1CNCCO1. The van der Waals surface area contributed by atoms with Gasteiger partial charge in [-0.1, -0.05) is 6.42 Å². The third kappa shape index (κ3) is 2.40. The zero-order valence-corrected chi connectivity index (χ0v) is 10.2. The van der Waals surface area contributed by atoms with Crippen LogP contribution in [0.15, 0.2) is 0 Å². The number of amides is 2. The highest BCUT2D eigenvalue weighted by Gasteiger charge is 2.37. The quantitative estimate of drug-likeness (QED) is 0.738. The molecule has 3 aliphatic rings. The Morgan fingerprint density at radius 3 is 2.94 bits per heavy atom. The van der Waals surface area contributed by atoms with Crippen molar-refractivity contribution in [2.24, 2.45) is 5.92 Å². The fraction of sp³-hybridized carbons (Fsp3) is 0.917. The zero-order chi connectivity index (χ0) is 11.7. The maximum atomic E-state index is 11.8. The van der Waals surface area contributed by atoms with Gasteiger partial charge in [0.05, 0.1) is 18.8 Å². The third-order valence-electron chi connectivity index (χ3n) is 4.16. The van der Waals surface area contributed by atoms with Crippen molar-refractivity contribution in [1.29, 1.82) is 0 Å². The minimum absolute atomic E-state index is 0.0936. The molecule has 5 heteroatoms. The molecule has 2 unspecified atom stereocenters. The Morgan fingerprint density at radius 2 is 2.29 bits per heavy atom. The molecule has 2 atom stereocenters. The molecule has 0 spiro atoms. The molecule has 2 aliphatic heterocycles. The van der Waals surface area contributed by atoms with Crippen molar-refractivity contribution >= 4 is 6.03 Å². The Kier molecular flexibility index (Phi) is 3.20. The number of nitrogens with zero attached hydrogens (tertiary/aromatic N) is 1. The Morgan fingerprint density at radius 1 is 1.41 bits per heavy atom. The summed E-state index contributed by atoms with van der Waals surface area (Å²) in [5.74, 6) is 0.717. The van der Waals surface area contributed by atoms with E-state index in [0.717, 1.165) is 32.8 Å². The fourth-order valence-electron chi connectivity index (χ4n) is 2.87. The van der Waals surface area contributed by atoms with Gasteiger partial charge in [-0.05, 0) is 18.8 Å². The topological polar surface area (TPSA) is 53.6 Å². The van der Waals surface area contributed by atoms with E-state index in [1.54, 1.807) is 0 Å². The van der Waals surface area contributed by atoms with E-state index in [0.29, 0.717) is 12.0 Å². The van der Waals surface area contributed by atoms with Crippen LogP contribution in [0, 0.1) is 5.92 Å². The molecule has 0 radical (unpaired) electrons. The second-order valence-corrected chi connectivity index (χ2v) is 5.35. The number of hydrogen-bond acceptors (Lipinski definition) is 3. The summed E-state index contributed by atoms with van der Waals surface area (Å²) in [7, 11) is 0. The molecule has 0 aromatic carbocycles. The van der Waals surface area contributed by atoms with E-state index in [2.05, 4.69) is 10.6 Å². The first-order chi connectivity index (χ1) is 8.33. The van der Waals surface area contributed by atoms with Gasteiger partial charge in [-0.3, -0.25) is 0 Å². The van der Waals surface area contributed by atoms with Gasteiger partial charge in [-0.15, -0.1) is 0 Å². The number of rotatable bonds is 3. The van der Waals surface area contributed by atoms with Gasteiger partial charge in [0.1, 0.15) is 0 Å². The van der Waals surface area contributed by atoms with Crippen molar-refractivity contribution in [2.45, 2.75) is 31.4 Å². The average molecular weight is 239 g/mol. The number of carbonyl (C=O) groups excluding carboxylic acids is 1. The molecule has 0 aromatic heterocycles. The summed E-state index contributed by atoms with van der Waals surface area (Å²) in [5, 5.41) is 6.40. The van der Waals surface area contributed by atoms with Gasteiger partial charge in [0, 0.05) is 26.2 Å². The van der Waals surface area contributed by atoms with Crippen molar-refractivity contribution in [2.75, 3.05) is 32.8 Å². The highest BCUT2D eigenvalue weighted by molar-refractivity contribution is 5.77. The van der Waals surface area contributed by atoms with E-state index in [-0.39, 0.29) is 12.1 Å². The van der Waals surface area contributed by atoms with Gasteiger partial charge >= 0.3 is 6.03 Å². The van der Waals surface area contributed by atoms with Crippen molar-refractivity contribution in [3.05, 3.63) is 0 Å². The molecule has 0 bridgehead atoms. The largest absolute Gasteiger partial charge is 0.374 e. The number of hydrogen-bond donors (Lipinski definition) is 2.